The van der Waals surface area contributed by atoms with E-state index < -0.39 is 5.97 Å². The van der Waals surface area contributed by atoms with Crippen LogP contribution in [0.3, 0.4) is 0 Å². The molecule has 6 heteroatoms. The van der Waals surface area contributed by atoms with Crippen LogP contribution in [0.4, 0.5) is 5.69 Å². The summed E-state index contributed by atoms with van der Waals surface area (Å²) in [7, 11) is 1.31. The van der Waals surface area contributed by atoms with Crippen molar-refractivity contribution in [1.29, 1.82) is 0 Å². The molecule has 2 aromatic rings. The molecule has 3 rings (SSSR count). The summed E-state index contributed by atoms with van der Waals surface area (Å²) in [6.45, 7) is 4.21. The summed E-state index contributed by atoms with van der Waals surface area (Å²) in [5, 5.41) is 0. The summed E-state index contributed by atoms with van der Waals surface area (Å²) in [5.74, 6) is -0.0917. The second kappa shape index (κ2) is 8.44. The molecule has 2 aromatic carbocycles. The minimum absolute atomic E-state index is 0.268. The number of halogens is 1. The number of carbonyl (C=O) groups is 2. The van der Waals surface area contributed by atoms with E-state index in [9.17, 15) is 9.59 Å². The molecule has 1 heterocycles. The quantitative estimate of drug-likeness (QED) is 0.497. The zero-order valence-corrected chi connectivity index (χ0v) is 17.4. The van der Waals surface area contributed by atoms with Gasteiger partial charge in [0.05, 0.1) is 24.9 Å². The highest BCUT2D eigenvalue weighted by Crippen LogP contribution is 2.36. The minimum atomic E-state index is -0.539. The molecule has 1 aliphatic rings. The van der Waals surface area contributed by atoms with Gasteiger partial charge in [0.25, 0.3) is 5.91 Å². The van der Waals surface area contributed by atoms with Crippen molar-refractivity contribution in [3.63, 3.8) is 0 Å². The normalized spacial score (nSPS) is 15.4. The SMILES string of the molecule is CCOc1ccc(N2C(=O)/C(=C\c3ccc(Br)cc3)C(C(=O)OC)=C2C)cc1. The van der Waals surface area contributed by atoms with Crippen molar-refractivity contribution >= 4 is 39.6 Å². The standard InChI is InChI=1S/C22H20BrNO4/c1-4-28-18-11-9-17(10-12-18)24-14(2)20(22(26)27-3)19(21(24)25)13-15-5-7-16(23)8-6-15/h5-13H,4H2,1-3H3/b19-13-. The third-order valence-corrected chi connectivity index (χ3v) is 4.91. The average molecular weight is 442 g/mol. The summed E-state index contributed by atoms with van der Waals surface area (Å²) in [4.78, 5) is 27.1. The van der Waals surface area contributed by atoms with Crippen LogP contribution >= 0.6 is 15.9 Å². The zero-order valence-electron chi connectivity index (χ0n) is 15.9. The van der Waals surface area contributed by atoms with Gasteiger partial charge in [-0.1, -0.05) is 28.1 Å². The number of rotatable bonds is 5. The Morgan fingerprint density at radius 3 is 2.32 bits per heavy atom. The predicted octanol–water partition coefficient (Wildman–Crippen LogP) is 4.73. The predicted molar refractivity (Wildman–Crippen MR) is 112 cm³/mol. The van der Waals surface area contributed by atoms with E-state index in [1.807, 2.05) is 31.2 Å². The third kappa shape index (κ3) is 3.87. The first-order valence-corrected chi connectivity index (χ1v) is 9.59. The van der Waals surface area contributed by atoms with Crippen molar-refractivity contribution in [2.75, 3.05) is 18.6 Å². The van der Waals surface area contributed by atoms with Gasteiger partial charge in [0, 0.05) is 15.9 Å². The van der Waals surface area contributed by atoms with Gasteiger partial charge in [0.15, 0.2) is 0 Å². The summed E-state index contributed by atoms with van der Waals surface area (Å²) in [6.07, 6.45) is 1.71. The first-order chi connectivity index (χ1) is 13.5. The van der Waals surface area contributed by atoms with E-state index >= 15 is 0 Å². The molecule has 28 heavy (non-hydrogen) atoms. The highest BCUT2D eigenvalue weighted by molar-refractivity contribution is 9.10. The van der Waals surface area contributed by atoms with Crippen molar-refractivity contribution < 1.29 is 19.1 Å². The third-order valence-electron chi connectivity index (χ3n) is 4.38. The molecular weight excluding hydrogens is 422 g/mol. The molecule has 5 nitrogen and oxygen atoms in total. The van der Waals surface area contributed by atoms with Gasteiger partial charge in [-0.15, -0.1) is 0 Å². The maximum absolute atomic E-state index is 13.2. The van der Waals surface area contributed by atoms with Gasteiger partial charge in [0.1, 0.15) is 5.75 Å². The number of anilines is 1. The molecule has 0 aromatic heterocycles. The Morgan fingerprint density at radius 1 is 1.11 bits per heavy atom. The molecule has 0 unspecified atom stereocenters. The van der Waals surface area contributed by atoms with Crippen molar-refractivity contribution in [3.05, 3.63) is 75.4 Å². The number of esters is 1. The molecule has 0 saturated carbocycles. The van der Waals surface area contributed by atoms with Crippen LogP contribution in [-0.4, -0.2) is 25.6 Å². The Morgan fingerprint density at radius 2 is 1.75 bits per heavy atom. The lowest BCUT2D eigenvalue weighted by Crippen LogP contribution is -2.24. The Kier molecular flexibility index (Phi) is 5.99. The highest BCUT2D eigenvalue weighted by atomic mass is 79.9. The fourth-order valence-corrected chi connectivity index (χ4v) is 3.34. The molecule has 0 bridgehead atoms. The van der Waals surface area contributed by atoms with Crippen LogP contribution < -0.4 is 9.64 Å². The lowest BCUT2D eigenvalue weighted by Gasteiger charge is -2.18. The first kappa shape index (κ1) is 19.9. The van der Waals surface area contributed by atoms with E-state index in [2.05, 4.69) is 15.9 Å². The molecule has 144 valence electrons. The van der Waals surface area contributed by atoms with Gasteiger partial charge < -0.3 is 9.47 Å². The lowest BCUT2D eigenvalue weighted by atomic mass is 10.0. The minimum Gasteiger partial charge on any atom is -0.494 e. The van der Waals surface area contributed by atoms with E-state index in [4.69, 9.17) is 9.47 Å². The second-order valence-corrected chi connectivity index (χ2v) is 7.04. The van der Waals surface area contributed by atoms with Crippen molar-refractivity contribution in [1.82, 2.24) is 0 Å². The maximum Gasteiger partial charge on any atom is 0.340 e. The van der Waals surface area contributed by atoms with Crippen molar-refractivity contribution in [2.45, 2.75) is 13.8 Å². The number of carbonyl (C=O) groups excluding carboxylic acids is 2. The van der Waals surface area contributed by atoms with Gasteiger partial charge in [-0.2, -0.15) is 0 Å². The Hall–Kier alpha value is -2.86. The van der Waals surface area contributed by atoms with Gasteiger partial charge in [0.2, 0.25) is 0 Å². The molecule has 1 aliphatic heterocycles. The first-order valence-electron chi connectivity index (χ1n) is 8.80. The van der Waals surface area contributed by atoms with Gasteiger partial charge in [-0.05, 0) is 61.9 Å². The summed E-state index contributed by atoms with van der Waals surface area (Å²) in [5.41, 5.74) is 2.58. The Labute approximate surface area is 172 Å². The van der Waals surface area contributed by atoms with Gasteiger partial charge in [-0.3, -0.25) is 9.69 Å². The smallest absolute Gasteiger partial charge is 0.340 e. The summed E-state index contributed by atoms with van der Waals surface area (Å²) < 4.78 is 11.3. The van der Waals surface area contributed by atoms with Gasteiger partial charge in [-0.25, -0.2) is 4.79 Å². The summed E-state index contributed by atoms with van der Waals surface area (Å²) in [6, 6.07) is 14.7. The van der Waals surface area contributed by atoms with E-state index in [1.54, 1.807) is 37.3 Å². The summed E-state index contributed by atoms with van der Waals surface area (Å²) >= 11 is 3.39. The van der Waals surface area contributed by atoms with E-state index in [0.29, 0.717) is 23.6 Å². The number of methoxy groups -OCH3 is 1. The van der Waals surface area contributed by atoms with Crippen LogP contribution in [0, 0.1) is 0 Å². The molecule has 0 atom stereocenters. The molecule has 0 spiro atoms. The fraction of sp³-hybridized carbons (Fsp3) is 0.182. The highest BCUT2D eigenvalue weighted by Gasteiger charge is 2.37. The molecule has 0 N–H and O–H groups in total. The van der Waals surface area contributed by atoms with Crippen molar-refractivity contribution in [2.24, 2.45) is 0 Å². The fourth-order valence-electron chi connectivity index (χ4n) is 3.07. The Balaban J connectivity index is 2.05. The van der Waals surface area contributed by atoms with Crippen LogP contribution in [0.25, 0.3) is 6.08 Å². The number of nitrogens with zero attached hydrogens (tertiary/aromatic N) is 1. The van der Waals surface area contributed by atoms with Crippen LogP contribution in [0.15, 0.2) is 69.8 Å². The molecule has 0 radical (unpaired) electrons. The number of ether oxygens (including phenoxy) is 2. The number of hydrogen-bond donors (Lipinski definition) is 0. The van der Waals surface area contributed by atoms with Crippen LogP contribution in [0.1, 0.15) is 19.4 Å². The van der Waals surface area contributed by atoms with Gasteiger partial charge >= 0.3 is 5.97 Å². The van der Waals surface area contributed by atoms with E-state index in [1.165, 1.54) is 12.0 Å². The zero-order chi connectivity index (χ0) is 20.3. The Bertz CT molecular complexity index is 959. The maximum atomic E-state index is 13.2. The number of amides is 1. The topological polar surface area (TPSA) is 55.8 Å². The lowest BCUT2D eigenvalue weighted by molar-refractivity contribution is -0.136. The van der Waals surface area contributed by atoms with Crippen LogP contribution in [-0.2, 0) is 14.3 Å². The average Bonchev–Trinajstić information content (AvgIpc) is 2.94. The van der Waals surface area contributed by atoms with E-state index in [-0.39, 0.29) is 11.5 Å². The van der Waals surface area contributed by atoms with Crippen LogP contribution in [0.5, 0.6) is 5.75 Å². The number of hydrogen-bond acceptors (Lipinski definition) is 4. The monoisotopic (exact) mass is 441 g/mol. The van der Waals surface area contributed by atoms with Crippen LogP contribution in [0.2, 0.25) is 0 Å². The second-order valence-electron chi connectivity index (χ2n) is 6.13. The molecule has 0 fully saturated rings. The molecule has 0 saturated heterocycles. The van der Waals surface area contributed by atoms with Crippen molar-refractivity contribution in [3.8, 4) is 5.75 Å². The molecular formula is C22H20BrNO4. The number of benzene rings is 2. The number of allylic oxidation sites excluding steroid dienone is 1. The molecule has 0 aliphatic carbocycles. The van der Waals surface area contributed by atoms with E-state index in [0.717, 1.165) is 15.8 Å². The largest absolute Gasteiger partial charge is 0.494 e. The molecule has 1 amide bonds.